The van der Waals surface area contributed by atoms with Crippen LogP contribution in [0, 0.1) is 23.7 Å². The summed E-state index contributed by atoms with van der Waals surface area (Å²) in [5.74, 6) is 0.786. The topological polar surface area (TPSA) is 89.1 Å². The highest BCUT2D eigenvalue weighted by molar-refractivity contribution is 9.09. The Morgan fingerprint density at radius 3 is 2.73 bits per heavy atom. The van der Waals surface area contributed by atoms with Gasteiger partial charge in [0, 0.05) is 23.2 Å². The van der Waals surface area contributed by atoms with Gasteiger partial charge < -0.3 is 15.5 Å². The molecule has 6 atom stereocenters. The third kappa shape index (κ3) is 4.16. The minimum Gasteiger partial charge on any atom is -0.323 e. The van der Waals surface area contributed by atoms with Crippen LogP contribution in [0.15, 0.2) is 34.5 Å². The van der Waals surface area contributed by atoms with Gasteiger partial charge in [0.25, 0.3) is 5.91 Å². The Morgan fingerprint density at radius 2 is 2.08 bits per heavy atom. The minimum atomic E-state index is -4.54. The molecular weight excluding hydrogens is 577 g/mol. The van der Waals surface area contributed by atoms with E-state index < -0.39 is 22.7 Å². The molecule has 6 rings (SSSR count). The van der Waals surface area contributed by atoms with Crippen molar-refractivity contribution in [1.29, 1.82) is 0 Å². The number of amides is 2. The molecule has 8 nitrogen and oxygen atoms in total. The van der Waals surface area contributed by atoms with Gasteiger partial charge in [0.1, 0.15) is 6.54 Å². The maximum Gasteiger partial charge on any atom is 0.416 e. The molecule has 0 radical (unpaired) electrons. The summed E-state index contributed by atoms with van der Waals surface area (Å²) in [7, 11) is 0. The monoisotopic (exact) mass is 600 g/mol. The number of allylic oxidation sites excluding steroid dienone is 1. The zero-order valence-electron chi connectivity index (χ0n) is 19.8. The molecule has 5 aliphatic rings. The lowest BCUT2D eigenvalue weighted by Crippen LogP contribution is -2.57. The molecule has 6 unspecified atom stereocenters. The molecule has 0 bridgehead atoms. The van der Waals surface area contributed by atoms with E-state index in [0.29, 0.717) is 23.8 Å². The predicted molar refractivity (Wildman–Crippen MR) is 134 cm³/mol. The number of hydrogen-bond donors (Lipinski definition) is 3. The standard InChI is InChI=1S/C24H25BrClF3N6O2/c1-2-30-15-6-4-11(15)18-12-8-13(12)20-19(18)21(37)35-23(32-22(25)33-35)34(20)9-17(36)31-16-5-3-10(7-14(16)26)24(27,28)29/h3,5,7,11-13,15,18,22,30,33H,2,4,6,8-9H2,1H3,(H,31,36). The number of alkyl halides is 4. The van der Waals surface area contributed by atoms with Crippen molar-refractivity contribution in [2.45, 2.75) is 43.5 Å². The Hall–Kier alpha value is -2.15. The zero-order valence-corrected chi connectivity index (χ0v) is 22.1. The molecule has 1 aromatic carbocycles. The molecule has 2 saturated carbocycles. The molecule has 1 aromatic rings. The van der Waals surface area contributed by atoms with Crippen molar-refractivity contribution < 1.29 is 22.8 Å². The number of nitrogens with one attached hydrogen (secondary N) is 3. The highest BCUT2D eigenvalue weighted by Crippen LogP contribution is 2.64. The fourth-order valence-electron chi connectivity index (χ4n) is 6.31. The molecule has 37 heavy (non-hydrogen) atoms. The molecule has 2 aliphatic heterocycles. The molecule has 2 heterocycles. The van der Waals surface area contributed by atoms with Crippen LogP contribution in [0.5, 0.6) is 0 Å². The van der Waals surface area contributed by atoms with Crippen LogP contribution >= 0.6 is 27.5 Å². The number of anilines is 1. The van der Waals surface area contributed by atoms with Gasteiger partial charge in [-0.1, -0.05) is 18.5 Å². The quantitative estimate of drug-likeness (QED) is 0.340. The summed E-state index contributed by atoms with van der Waals surface area (Å²) in [6.45, 7) is 2.80. The summed E-state index contributed by atoms with van der Waals surface area (Å²) < 4.78 is 39.0. The lowest BCUT2D eigenvalue weighted by molar-refractivity contribution is -0.137. The molecule has 0 spiro atoms. The SMILES string of the molecule is CCNC1CCC1C1C2=C(C3CC31)N(CC(=O)Nc1ccc(C(F)(F)F)cc1Cl)C1=NC(Br)NN1C2=O. The average molecular weight is 602 g/mol. The number of benzene rings is 1. The van der Waals surface area contributed by atoms with Crippen LogP contribution in [-0.2, 0) is 15.8 Å². The van der Waals surface area contributed by atoms with Gasteiger partial charge in [-0.3, -0.25) is 9.59 Å². The van der Waals surface area contributed by atoms with Crippen LogP contribution in [-0.4, -0.2) is 51.9 Å². The predicted octanol–water partition coefficient (Wildman–Crippen LogP) is 3.90. The normalized spacial score (nSPS) is 32.1. The molecule has 13 heteroatoms. The number of aliphatic imine (C=N–C) groups is 1. The number of nitrogens with zero attached hydrogens (tertiary/aromatic N) is 3. The van der Waals surface area contributed by atoms with Gasteiger partial charge in [-0.25, -0.2) is 10.0 Å². The number of guanidine groups is 1. The first-order chi connectivity index (χ1) is 17.6. The van der Waals surface area contributed by atoms with E-state index in [1.54, 1.807) is 4.90 Å². The Labute approximate surface area is 224 Å². The number of hydrazine groups is 1. The number of fused-ring (bicyclic) bond motifs is 3. The van der Waals surface area contributed by atoms with Crippen LogP contribution in [0.4, 0.5) is 18.9 Å². The second-order valence-electron chi connectivity index (χ2n) is 10.1. The summed E-state index contributed by atoms with van der Waals surface area (Å²) in [6, 6.07) is 3.18. The molecule has 0 aromatic heterocycles. The summed E-state index contributed by atoms with van der Waals surface area (Å²) >= 11 is 9.43. The van der Waals surface area contributed by atoms with E-state index in [1.807, 2.05) is 0 Å². The van der Waals surface area contributed by atoms with Gasteiger partial charge in [-0.05, 0) is 77.7 Å². The first-order valence-electron chi connectivity index (χ1n) is 12.3. The Kier molecular flexibility index (Phi) is 6.09. The second-order valence-corrected chi connectivity index (χ2v) is 11.4. The first kappa shape index (κ1) is 25.1. The Balaban J connectivity index is 1.28. The zero-order chi connectivity index (χ0) is 26.2. The van der Waals surface area contributed by atoms with E-state index in [-0.39, 0.29) is 35.0 Å². The number of hydrogen-bond acceptors (Lipinski definition) is 6. The molecule has 3 N–H and O–H groups in total. The molecule has 2 amide bonds. The van der Waals surface area contributed by atoms with Crippen molar-refractivity contribution in [3.63, 3.8) is 0 Å². The van der Waals surface area contributed by atoms with Gasteiger partial charge in [-0.15, -0.1) is 0 Å². The minimum absolute atomic E-state index is 0.0835. The van der Waals surface area contributed by atoms with Crippen molar-refractivity contribution >= 4 is 51.0 Å². The highest BCUT2D eigenvalue weighted by atomic mass is 79.9. The number of carbonyl (C=O) groups is 2. The number of halogens is 5. The van der Waals surface area contributed by atoms with Crippen LogP contribution in [0.2, 0.25) is 5.02 Å². The van der Waals surface area contributed by atoms with E-state index in [4.69, 9.17) is 11.6 Å². The summed E-state index contributed by atoms with van der Waals surface area (Å²) in [6.07, 6.45) is -1.43. The van der Waals surface area contributed by atoms with Crippen molar-refractivity contribution in [3.8, 4) is 0 Å². The Bertz CT molecular complexity index is 1240. The second kappa shape index (κ2) is 8.96. The number of carbonyl (C=O) groups excluding carboxylic acids is 2. The lowest BCUT2D eigenvalue weighted by Gasteiger charge is -2.44. The highest BCUT2D eigenvalue weighted by Gasteiger charge is 2.63. The average Bonchev–Trinajstić information content (AvgIpc) is 3.39. The van der Waals surface area contributed by atoms with Crippen LogP contribution < -0.4 is 16.1 Å². The number of rotatable bonds is 6. The van der Waals surface area contributed by atoms with Gasteiger partial charge in [0.05, 0.1) is 16.3 Å². The molecular formula is C24H25BrClF3N6O2. The summed E-state index contributed by atoms with van der Waals surface area (Å²) in [5.41, 5.74) is 3.80. The largest absolute Gasteiger partial charge is 0.416 e. The van der Waals surface area contributed by atoms with Gasteiger partial charge in [-0.2, -0.15) is 18.6 Å². The van der Waals surface area contributed by atoms with Crippen molar-refractivity contribution in [1.82, 2.24) is 20.7 Å². The fourth-order valence-corrected chi connectivity index (χ4v) is 6.93. The summed E-state index contributed by atoms with van der Waals surface area (Å²) in [5, 5.41) is 6.84. The molecule has 0 saturated heterocycles. The van der Waals surface area contributed by atoms with Crippen molar-refractivity contribution in [2.75, 3.05) is 18.4 Å². The van der Waals surface area contributed by atoms with Gasteiger partial charge in [0.15, 0.2) is 5.08 Å². The van der Waals surface area contributed by atoms with Gasteiger partial charge in [0.2, 0.25) is 11.9 Å². The smallest absolute Gasteiger partial charge is 0.323 e. The molecule has 2 fully saturated rings. The summed E-state index contributed by atoms with van der Waals surface area (Å²) in [4.78, 5) is 33.1. The lowest BCUT2D eigenvalue weighted by atomic mass is 9.67. The first-order valence-corrected chi connectivity index (χ1v) is 13.6. The van der Waals surface area contributed by atoms with E-state index >= 15 is 0 Å². The Morgan fingerprint density at radius 1 is 1.30 bits per heavy atom. The van der Waals surface area contributed by atoms with E-state index in [2.05, 4.69) is 43.9 Å². The van der Waals surface area contributed by atoms with Crippen molar-refractivity contribution in [2.24, 2.45) is 28.7 Å². The van der Waals surface area contributed by atoms with Crippen molar-refractivity contribution in [3.05, 3.63) is 40.1 Å². The van der Waals surface area contributed by atoms with Crippen LogP contribution in [0.1, 0.15) is 31.7 Å². The maximum absolute atomic E-state index is 13.6. The van der Waals surface area contributed by atoms with E-state index in [9.17, 15) is 22.8 Å². The maximum atomic E-state index is 13.6. The van der Waals surface area contributed by atoms with Gasteiger partial charge >= 0.3 is 6.18 Å². The van der Waals surface area contributed by atoms with Crippen LogP contribution in [0.25, 0.3) is 0 Å². The van der Waals surface area contributed by atoms with E-state index in [1.165, 1.54) is 5.01 Å². The molecule has 3 aliphatic carbocycles. The molecule has 198 valence electrons. The van der Waals surface area contributed by atoms with Crippen LogP contribution in [0.3, 0.4) is 0 Å². The van der Waals surface area contributed by atoms with E-state index in [0.717, 1.165) is 55.3 Å². The third-order valence-electron chi connectivity index (χ3n) is 8.02. The third-order valence-corrected chi connectivity index (χ3v) is 8.74. The fraction of sp³-hybridized carbons (Fsp3) is 0.542.